The molecule has 0 spiro atoms. The van der Waals surface area contributed by atoms with Crippen LogP contribution in [0.3, 0.4) is 0 Å². The molecule has 1 aliphatic carbocycles. The molecule has 0 radical (unpaired) electrons. The Bertz CT molecular complexity index is 756. The van der Waals surface area contributed by atoms with Crippen LogP contribution in [0.1, 0.15) is 50.5 Å². The van der Waals surface area contributed by atoms with Crippen molar-refractivity contribution in [2.75, 3.05) is 26.9 Å². The van der Waals surface area contributed by atoms with E-state index in [1.54, 1.807) is 7.11 Å². The molecule has 0 aromatic heterocycles. The van der Waals surface area contributed by atoms with Gasteiger partial charge in [0.05, 0.1) is 19.1 Å². The lowest BCUT2D eigenvalue weighted by Crippen LogP contribution is -2.36. The van der Waals surface area contributed by atoms with Crippen LogP contribution in [0.5, 0.6) is 11.5 Å². The predicted molar refractivity (Wildman–Crippen MR) is 111 cm³/mol. The quantitative estimate of drug-likeness (QED) is 0.705. The van der Waals surface area contributed by atoms with Crippen molar-refractivity contribution in [2.45, 2.75) is 63.6 Å². The molecule has 2 atom stereocenters. The minimum atomic E-state index is -0.256. The fourth-order valence-electron chi connectivity index (χ4n) is 4.71. The standard InChI is InChI=1S/C23H32N2O5/c1-28-21-11-16(8-9-20(21)30-15-19-7-4-10-29-19)13-24-23(27)17-12-22(26)25(14-17)18-5-2-3-6-18/h8-9,11,17-19H,2-7,10,12-15H2,1H3,(H,24,27). The lowest BCUT2D eigenvalue weighted by Gasteiger charge is -2.23. The maximum absolute atomic E-state index is 12.6. The van der Waals surface area contributed by atoms with Crippen LogP contribution in [0, 0.1) is 5.92 Å². The van der Waals surface area contributed by atoms with Crippen LogP contribution in [0.25, 0.3) is 0 Å². The summed E-state index contributed by atoms with van der Waals surface area (Å²) in [4.78, 5) is 26.9. The Morgan fingerprint density at radius 1 is 1.20 bits per heavy atom. The Labute approximate surface area is 178 Å². The molecule has 2 heterocycles. The van der Waals surface area contributed by atoms with Crippen LogP contribution in [0.15, 0.2) is 18.2 Å². The number of hydrogen-bond donors (Lipinski definition) is 1. The van der Waals surface area contributed by atoms with Gasteiger partial charge in [0, 0.05) is 32.2 Å². The van der Waals surface area contributed by atoms with E-state index in [4.69, 9.17) is 14.2 Å². The van der Waals surface area contributed by atoms with Gasteiger partial charge in [0.25, 0.3) is 0 Å². The van der Waals surface area contributed by atoms with Crippen molar-refractivity contribution in [3.8, 4) is 11.5 Å². The average molecular weight is 417 g/mol. The van der Waals surface area contributed by atoms with Gasteiger partial charge in [0.2, 0.25) is 11.8 Å². The number of methoxy groups -OCH3 is 1. The molecule has 7 nitrogen and oxygen atoms in total. The molecule has 30 heavy (non-hydrogen) atoms. The number of ether oxygens (including phenoxy) is 3. The van der Waals surface area contributed by atoms with Crippen molar-refractivity contribution < 1.29 is 23.8 Å². The van der Waals surface area contributed by atoms with Crippen LogP contribution < -0.4 is 14.8 Å². The molecule has 2 amide bonds. The highest BCUT2D eigenvalue weighted by molar-refractivity contribution is 5.89. The van der Waals surface area contributed by atoms with Crippen LogP contribution in [-0.4, -0.2) is 55.7 Å². The number of benzene rings is 1. The highest BCUT2D eigenvalue weighted by atomic mass is 16.5. The second-order valence-electron chi connectivity index (χ2n) is 8.53. The van der Waals surface area contributed by atoms with E-state index in [2.05, 4.69) is 5.32 Å². The van der Waals surface area contributed by atoms with Crippen LogP contribution in [0.2, 0.25) is 0 Å². The van der Waals surface area contributed by atoms with Gasteiger partial charge in [-0.1, -0.05) is 18.9 Å². The van der Waals surface area contributed by atoms with Crippen molar-refractivity contribution in [3.05, 3.63) is 23.8 Å². The highest BCUT2D eigenvalue weighted by Gasteiger charge is 2.38. The molecule has 2 aliphatic heterocycles. The summed E-state index contributed by atoms with van der Waals surface area (Å²) in [6.45, 7) is 2.26. The largest absolute Gasteiger partial charge is 0.493 e. The van der Waals surface area contributed by atoms with Gasteiger partial charge in [0.1, 0.15) is 6.61 Å². The van der Waals surface area contributed by atoms with E-state index >= 15 is 0 Å². The molecule has 3 aliphatic rings. The second-order valence-corrected chi connectivity index (χ2v) is 8.53. The molecule has 1 saturated carbocycles. The SMILES string of the molecule is COc1cc(CNC(=O)C2CC(=O)N(C3CCCC3)C2)ccc1OCC1CCCO1. The number of rotatable bonds is 8. The van der Waals surface area contributed by atoms with E-state index in [9.17, 15) is 9.59 Å². The van der Waals surface area contributed by atoms with E-state index in [0.717, 1.165) is 37.9 Å². The molecule has 0 bridgehead atoms. The van der Waals surface area contributed by atoms with E-state index in [1.165, 1.54) is 12.8 Å². The Morgan fingerprint density at radius 2 is 2.03 bits per heavy atom. The van der Waals surface area contributed by atoms with E-state index in [-0.39, 0.29) is 23.8 Å². The molecule has 164 valence electrons. The highest BCUT2D eigenvalue weighted by Crippen LogP contribution is 2.30. The Balaban J connectivity index is 1.28. The van der Waals surface area contributed by atoms with Gasteiger partial charge < -0.3 is 24.4 Å². The maximum Gasteiger partial charge on any atom is 0.225 e. The zero-order valence-electron chi connectivity index (χ0n) is 17.7. The summed E-state index contributed by atoms with van der Waals surface area (Å²) in [5.41, 5.74) is 0.932. The monoisotopic (exact) mass is 416 g/mol. The smallest absolute Gasteiger partial charge is 0.225 e. The topological polar surface area (TPSA) is 77.1 Å². The average Bonchev–Trinajstić information content (AvgIpc) is 3.52. The van der Waals surface area contributed by atoms with Crippen molar-refractivity contribution in [1.82, 2.24) is 10.2 Å². The normalized spacial score (nSPS) is 24.4. The number of hydrogen-bond acceptors (Lipinski definition) is 5. The third-order valence-electron chi connectivity index (χ3n) is 6.44. The molecule has 1 N–H and O–H groups in total. The van der Waals surface area contributed by atoms with Crippen molar-refractivity contribution >= 4 is 11.8 Å². The van der Waals surface area contributed by atoms with Crippen molar-refractivity contribution in [2.24, 2.45) is 5.92 Å². The summed E-state index contributed by atoms with van der Waals surface area (Å²) < 4.78 is 16.9. The van der Waals surface area contributed by atoms with Gasteiger partial charge >= 0.3 is 0 Å². The fraction of sp³-hybridized carbons (Fsp3) is 0.652. The Kier molecular flexibility index (Phi) is 6.77. The first kappa shape index (κ1) is 21.0. The van der Waals surface area contributed by atoms with E-state index < -0.39 is 0 Å². The molecule has 3 fully saturated rings. The van der Waals surface area contributed by atoms with Crippen molar-refractivity contribution in [3.63, 3.8) is 0 Å². The molecule has 1 aromatic carbocycles. The summed E-state index contributed by atoms with van der Waals surface area (Å²) in [5, 5.41) is 2.99. The molecular weight excluding hydrogens is 384 g/mol. The van der Waals surface area contributed by atoms with E-state index in [1.807, 2.05) is 23.1 Å². The molecule has 2 saturated heterocycles. The molecule has 7 heteroatoms. The summed E-state index contributed by atoms with van der Waals surface area (Å²) in [5.74, 6) is 1.13. The summed E-state index contributed by atoms with van der Waals surface area (Å²) in [6.07, 6.45) is 7.07. The molecule has 4 rings (SSSR count). The number of nitrogens with zero attached hydrogens (tertiary/aromatic N) is 1. The minimum absolute atomic E-state index is 0.0541. The Hall–Kier alpha value is -2.28. The number of carbonyl (C=O) groups excluding carboxylic acids is 2. The summed E-state index contributed by atoms with van der Waals surface area (Å²) >= 11 is 0. The Morgan fingerprint density at radius 3 is 2.77 bits per heavy atom. The van der Waals surface area contributed by atoms with Gasteiger partial charge in [-0.3, -0.25) is 9.59 Å². The predicted octanol–water partition coefficient (Wildman–Crippen LogP) is 2.66. The first-order valence-corrected chi connectivity index (χ1v) is 11.1. The first-order valence-electron chi connectivity index (χ1n) is 11.1. The van der Waals surface area contributed by atoms with Gasteiger partial charge in [-0.2, -0.15) is 0 Å². The molecule has 1 aromatic rings. The number of nitrogens with one attached hydrogen (secondary N) is 1. The first-order chi connectivity index (χ1) is 14.6. The third-order valence-corrected chi connectivity index (χ3v) is 6.44. The fourth-order valence-corrected chi connectivity index (χ4v) is 4.71. The zero-order chi connectivity index (χ0) is 20.9. The third kappa shape index (κ3) is 4.89. The van der Waals surface area contributed by atoms with Crippen LogP contribution >= 0.6 is 0 Å². The summed E-state index contributed by atoms with van der Waals surface area (Å²) in [7, 11) is 1.61. The van der Waals surface area contributed by atoms with Gasteiger partial charge in [-0.05, 0) is 43.4 Å². The van der Waals surface area contributed by atoms with E-state index in [0.29, 0.717) is 43.7 Å². The van der Waals surface area contributed by atoms with Gasteiger partial charge in [-0.25, -0.2) is 0 Å². The molecular formula is C23H32N2O5. The molecule has 2 unspecified atom stereocenters. The number of likely N-dealkylation sites (tertiary alicyclic amines) is 1. The summed E-state index contributed by atoms with van der Waals surface area (Å²) in [6, 6.07) is 6.02. The van der Waals surface area contributed by atoms with Crippen molar-refractivity contribution in [1.29, 1.82) is 0 Å². The second kappa shape index (κ2) is 9.69. The van der Waals surface area contributed by atoms with Crippen LogP contribution in [0.4, 0.5) is 0 Å². The van der Waals surface area contributed by atoms with Gasteiger partial charge in [0.15, 0.2) is 11.5 Å². The van der Waals surface area contributed by atoms with Gasteiger partial charge in [-0.15, -0.1) is 0 Å². The number of amides is 2. The van der Waals surface area contributed by atoms with Crippen LogP contribution in [-0.2, 0) is 20.9 Å². The maximum atomic E-state index is 12.6. The zero-order valence-corrected chi connectivity index (χ0v) is 17.7. The lowest BCUT2D eigenvalue weighted by molar-refractivity contribution is -0.130. The number of carbonyl (C=O) groups is 2. The minimum Gasteiger partial charge on any atom is -0.493 e. The lowest BCUT2D eigenvalue weighted by atomic mass is 10.1.